The molecule has 1 aromatic rings. The average Bonchev–Trinajstić information content (AvgIpc) is 2.21. The fourth-order valence-electron chi connectivity index (χ4n) is 0.926. The number of ether oxygens (including phenoxy) is 1. The van der Waals surface area contributed by atoms with Gasteiger partial charge in [-0.1, -0.05) is 5.16 Å². The van der Waals surface area contributed by atoms with E-state index in [0.29, 0.717) is 5.56 Å². The number of esters is 1. The van der Waals surface area contributed by atoms with Crippen molar-refractivity contribution in [2.45, 2.75) is 6.92 Å². The van der Waals surface area contributed by atoms with Gasteiger partial charge < -0.3 is 9.94 Å². The smallest absolute Gasteiger partial charge is 0.361 e. The third kappa shape index (κ3) is 2.29. The second-order valence-electron chi connectivity index (χ2n) is 2.40. The number of hydrogen-bond acceptors (Lipinski definition) is 5. The molecule has 1 aromatic heterocycles. The Morgan fingerprint density at radius 3 is 2.71 bits per heavy atom. The molecular formula is C9H10N2O3. The third-order valence-corrected chi connectivity index (χ3v) is 1.52. The monoisotopic (exact) mass is 194 g/mol. The number of rotatable bonds is 3. The van der Waals surface area contributed by atoms with E-state index in [1.165, 1.54) is 12.4 Å². The SMILES string of the molecule is CCOC(=O)/C(=N\O)c1ccncc1. The van der Waals surface area contributed by atoms with Gasteiger partial charge in [-0.25, -0.2) is 4.79 Å². The summed E-state index contributed by atoms with van der Waals surface area (Å²) in [5.41, 5.74) is 0.357. The van der Waals surface area contributed by atoms with Crippen LogP contribution in [0.15, 0.2) is 29.7 Å². The summed E-state index contributed by atoms with van der Waals surface area (Å²) >= 11 is 0. The normalized spacial score (nSPS) is 11.1. The summed E-state index contributed by atoms with van der Waals surface area (Å²) < 4.78 is 4.70. The van der Waals surface area contributed by atoms with Crippen molar-refractivity contribution in [1.82, 2.24) is 4.98 Å². The van der Waals surface area contributed by atoms with E-state index in [4.69, 9.17) is 9.94 Å². The zero-order valence-corrected chi connectivity index (χ0v) is 7.67. The van der Waals surface area contributed by atoms with E-state index in [-0.39, 0.29) is 12.3 Å². The Balaban J connectivity index is 2.89. The van der Waals surface area contributed by atoms with E-state index in [1.54, 1.807) is 19.1 Å². The molecule has 0 fully saturated rings. The predicted octanol–water partition coefficient (Wildman–Crippen LogP) is 0.823. The highest BCUT2D eigenvalue weighted by molar-refractivity contribution is 6.43. The highest BCUT2D eigenvalue weighted by atomic mass is 16.5. The van der Waals surface area contributed by atoms with Gasteiger partial charge in [0, 0.05) is 18.0 Å². The summed E-state index contributed by atoms with van der Waals surface area (Å²) in [5.74, 6) is -0.652. The van der Waals surface area contributed by atoms with Gasteiger partial charge >= 0.3 is 5.97 Å². The zero-order valence-electron chi connectivity index (χ0n) is 7.67. The highest BCUT2D eigenvalue weighted by Gasteiger charge is 2.15. The van der Waals surface area contributed by atoms with Crippen LogP contribution in [0, 0.1) is 0 Å². The molecule has 0 amide bonds. The maximum Gasteiger partial charge on any atom is 0.361 e. The predicted molar refractivity (Wildman–Crippen MR) is 49.2 cm³/mol. The number of aromatic nitrogens is 1. The summed E-state index contributed by atoms with van der Waals surface area (Å²) in [6, 6.07) is 3.12. The van der Waals surface area contributed by atoms with Crippen LogP contribution in [0.1, 0.15) is 12.5 Å². The first-order chi connectivity index (χ1) is 6.79. The van der Waals surface area contributed by atoms with Gasteiger partial charge in [0.05, 0.1) is 6.61 Å². The van der Waals surface area contributed by atoms with E-state index in [2.05, 4.69) is 10.1 Å². The molecule has 0 saturated heterocycles. The van der Waals surface area contributed by atoms with Crippen LogP contribution in [-0.2, 0) is 9.53 Å². The third-order valence-electron chi connectivity index (χ3n) is 1.52. The van der Waals surface area contributed by atoms with Gasteiger partial charge in [-0.2, -0.15) is 0 Å². The minimum Gasteiger partial charge on any atom is -0.461 e. The van der Waals surface area contributed by atoms with Crippen LogP contribution < -0.4 is 0 Å². The minimum atomic E-state index is -0.652. The molecule has 0 atom stereocenters. The molecule has 5 nitrogen and oxygen atoms in total. The van der Waals surface area contributed by atoms with Gasteiger partial charge in [0.15, 0.2) is 5.71 Å². The summed E-state index contributed by atoms with van der Waals surface area (Å²) in [6.07, 6.45) is 3.00. The summed E-state index contributed by atoms with van der Waals surface area (Å²) in [7, 11) is 0. The summed E-state index contributed by atoms with van der Waals surface area (Å²) in [5, 5.41) is 11.5. The first-order valence-corrected chi connectivity index (χ1v) is 4.09. The molecule has 0 bridgehead atoms. The molecule has 1 rings (SSSR count). The van der Waals surface area contributed by atoms with Crippen LogP contribution >= 0.6 is 0 Å². The highest BCUT2D eigenvalue weighted by Crippen LogP contribution is 2.01. The molecule has 0 radical (unpaired) electrons. The molecular weight excluding hydrogens is 184 g/mol. The van der Waals surface area contributed by atoms with Crippen molar-refractivity contribution in [2.75, 3.05) is 6.61 Å². The van der Waals surface area contributed by atoms with E-state index in [0.717, 1.165) is 0 Å². The van der Waals surface area contributed by atoms with Crippen LogP contribution in [0.5, 0.6) is 0 Å². The topological polar surface area (TPSA) is 71.8 Å². The van der Waals surface area contributed by atoms with Crippen molar-refractivity contribution in [3.8, 4) is 0 Å². The number of oxime groups is 1. The van der Waals surface area contributed by atoms with Crippen molar-refractivity contribution in [3.05, 3.63) is 30.1 Å². The van der Waals surface area contributed by atoms with Crippen molar-refractivity contribution < 1.29 is 14.7 Å². The Bertz CT molecular complexity index is 335. The number of carbonyl (C=O) groups excluding carboxylic acids is 1. The molecule has 5 heteroatoms. The Morgan fingerprint density at radius 2 is 2.21 bits per heavy atom. The van der Waals surface area contributed by atoms with Crippen LogP contribution in [0.4, 0.5) is 0 Å². The molecule has 0 saturated carbocycles. The average molecular weight is 194 g/mol. The first kappa shape index (κ1) is 10.2. The molecule has 74 valence electrons. The van der Waals surface area contributed by atoms with Gasteiger partial charge in [-0.05, 0) is 19.1 Å². The van der Waals surface area contributed by atoms with Gasteiger partial charge in [-0.15, -0.1) is 0 Å². The molecule has 0 aliphatic rings. The molecule has 1 N–H and O–H groups in total. The van der Waals surface area contributed by atoms with Crippen molar-refractivity contribution in [3.63, 3.8) is 0 Å². The Morgan fingerprint density at radius 1 is 1.57 bits per heavy atom. The number of nitrogens with zero attached hydrogens (tertiary/aromatic N) is 2. The van der Waals surface area contributed by atoms with Crippen molar-refractivity contribution in [2.24, 2.45) is 5.16 Å². The molecule has 1 heterocycles. The lowest BCUT2D eigenvalue weighted by Crippen LogP contribution is -2.18. The molecule has 0 unspecified atom stereocenters. The zero-order chi connectivity index (χ0) is 10.4. The van der Waals surface area contributed by atoms with Crippen LogP contribution in [0.2, 0.25) is 0 Å². The molecule has 0 aliphatic heterocycles. The molecule has 0 spiro atoms. The quantitative estimate of drug-likeness (QED) is 0.334. The largest absolute Gasteiger partial charge is 0.461 e. The molecule has 0 aliphatic carbocycles. The maximum absolute atomic E-state index is 11.2. The van der Waals surface area contributed by atoms with Gasteiger partial charge in [-0.3, -0.25) is 4.98 Å². The maximum atomic E-state index is 11.2. The molecule has 0 aromatic carbocycles. The second kappa shape index (κ2) is 4.96. The Hall–Kier alpha value is -1.91. The van der Waals surface area contributed by atoms with Gasteiger partial charge in [0.25, 0.3) is 0 Å². The van der Waals surface area contributed by atoms with E-state index in [1.807, 2.05) is 0 Å². The van der Waals surface area contributed by atoms with E-state index in [9.17, 15) is 4.79 Å². The first-order valence-electron chi connectivity index (χ1n) is 4.09. The van der Waals surface area contributed by atoms with Crippen LogP contribution in [0.25, 0.3) is 0 Å². The Labute approximate surface area is 81.0 Å². The lowest BCUT2D eigenvalue weighted by molar-refractivity contribution is -0.135. The van der Waals surface area contributed by atoms with Crippen molar-refractivity contribution >= 4 is 11.7 Å². The fraction of sp³-hybridized carbons (Fsp3) is 0.222. The number of carbonyl (C=O) groups is 1. The van der Waals surface area contributed by atoms with Crippen LogP contribution in [-0.4, -0.2) is 28.5 Å². The van der Waals surface area contributed by atoms with Gasteiger partial charge in [0.1, 0.15) is 0 Å². The molecule has 14 heavy (non-hydrogen) atoms. The van der Waals surface area contributed by atoms with E-state index >= 15 is 0 Å². The standard InChI is InChI=1S/C9H10N2O3/c1-2-14-9(12)8(11-13)7-3-5-10-6-4-7/h3-6,13H,2H2,1H3/b11-8-. The lowest BCUT2D eigenvalue weighted by Gasteiger charge is -2.02. The summed E-state index contributed by atoms with van der Waals surface area (Å²) in [6.45, 7) is 1.92. The summed E-state index contributed by atoms with van der Waals surface area (Å²) in [4.78, 5) is 15.0. The van der Waals surface area contributed by atoms with Crippen molar-refractivity contribution in [1.29, 1.82) is 0 Å². The second-order valence-corrected chi connectivity index (χ2v) is 2.40. The lowest BCUT2D eigenvalue weighted by atomic mass is 10.2. The Kier molecular flexibility index (Phi) is 3.60. The number of hydrogen-bond donors (Lipinski definition) is 1. The fourth-order valence-corrected chi connectivity index (χ4v) is 0.926. The van der Waals surface area contributed by atoms with Gasteiger partial charge in [0.2, 0.25) is 0 Å². The van der Waals surface area contributed by atoms with Crippen LogP contribution in [0.3, 0.4) is 0 Å². The number of pyridine rings is 1. The minimum absolute atomic E-state index is 0.116. The van der Waals surface area contributed by atoms with E-state index < -0.39 is 5.97 Å².